The van der Waals surface area contributed by atoms with E-state index < -0.39 is 33.5 Å². The topological polar surface area (TPSA) is 78.9 Å². The van der Waals surface area contributed by atoms with Crippen LogP contribution in [0.2, 0.25) is 0 Å². The molecule has 0 radical (unpaired) electrons. The van der Waals surface area contributed by atoms with Crippen LogP contribution in [0.4, 0.5) is 0 Å². The summed E-state index contributed by atoms with van der Waals surface area (Å²) in [5.41, 5.74) is 0. The molecule has 1 aromatic carbocycles. The summed E-state index contributed by atoms with van der Waals surface area (Å²) in [6.45, 7) is 1.56. The monoisotopic (exact) mass is 408 g/mol. The molecule has 0 spiro atoms. The minimum Gasteiger partial charge on any atom is -0.304 e. The van der Waals surface area contributed by atoms with Gasteiger partial charge in [-0.2, -0.15) is 8.42 Å². The number of alkyl halides is 3. The Hall–Kier alpha value is 0.150. The molecule has 0 saturated carbocycles. The fraction of sp³-hybridized carbons (Fsp3) is 0.455. The molecular weight excluding hydrogens is 398 g/mol. The van der Waals surface area contributed by atoms with Crippen LogP contribution in [-0.4, -0.2) is 30.8 Å². The Morgan fingerprint density at radius 2 is 1.91 bits per heavy atom. The summed E-state index contributed by atoms with van der Waals surface area (Å²) in [6, 6.07) is 7.19. The minimum atomic E-state index is -4.32. The van der Waals surface area contributed by atoms with Crippen LogP contribution >= 0.6 is 42.4 Å². The quantitative estimate of drug-likeness (QED) is 0.428. The third-order valence-electron chi connectivity index (χ3n) is 2.63. The molecule has 6 nitrogen and oxygen atoms in total. The maximum Gasteiger partial charge on any atom is 0.365 e. The zero-order chi connectivity index (χ0) is 16.6. The second kappa shape index (κ2) is 6.57. The molecular formula is C11H12Cl3O6PS. The highest BCUT2D eigenvalue weighted by Gasteiger charge is 2.55. The second-order valence-electron chi connectivity index (χ2n) is 4.51. The first-order chi connectivity index (χ1) is 10.0. The standard InChI is InChI=1S/C11H12Cl3O6PS/c1-8-7-18-21(15,19-8)10(11(12,13)14)20-22(16,17)9-5-3-2-4-6-9/h2-6,8,10H,7H2,1H3/t8-,10-,21+/m1/s1. The fourth-order valence-corrected chi connectivity index (χ4v) is 6.45. The Kier molecular flexibility index (Phi) is 5.52. The maximum atomic E-state index is 12.6. The molecule has 1 fully saturated rings. The summed E-state index contributed by atoms with van der Waals surface area (Å²) in [7, 11) is -8.39. The fourth-order valence-electron chi connectivity index (χ4n) is 1.69. The molecule has 0 aromatic heterocycles. The summed E-state index contributed by atoms with van der Waals surface area (Å²) >= 11 is 17.2. The van der Waals surface area contributed by atoms with E-state index in [2.05, 4.69) is 0 Å². The molecule has 1 aromatic rings. The van der Waals surface area contributed by atoms with E-state index in [4.69, 9.17) is 48.0 Å². The van der Waals surface area contributed by atoms with Crippen LogP contribution in [0.15, 0.2) is 35.2 Å². The van der Waals surface area contributed by atoms with E-state index >= 15 is 0 Å². The largest absolute Gasteiger partial charge is 0.365 e. The molecule has 22 heavy (non-hydrogen) atoms. The summed E-state index contributed by atoms with van der Waals surface area (Å²) < 4.78 is 49.7. The van der Waals surface area contributed by atoms with Gasteiger partial charge >= 0.3 is 7.60 Å². The molecule has 0 N–H and O–H groups in total. The molecule has 0 aliphatic carbocycles. The highest BCUT2D eigenvalue weighted by molar-refractivity contribution is 7.87. The molecule has 0 unspecified atom stereocenters. The van der Waals surface area contributed by atoms with Crippen LogP contribution in [-0.2, 0) is 27.9 Å². The van der Waals surface area contributed by atoms with Crippen molar-refractivity contribution >= 4 is 52.5 Å². The third-order valence-corrected chi connectivity index (χ3v) is 7.35. The van der Waals surface area contributed by atoms with E-state index in [9.17, 15) is 13.0 Å². The van der Waals surface area contributed by atoms with Crippen LogP contribution < -0.4 is 0 Å². The lowest BCUT2D eigenvalue weighted by atomic mass is 10.4. The number of benzene rings is 1. The van der Waals surface area contributed by atoms with Crippen LogP contribution in [0.5, 0.6) is 0 Å². The van der Waals surface area contributed by atoms with Gasteiger partial charge in [0.2, 0.25) is 9.64 Å². The van der Waals surface area contributed by atoms with Crippen molar-refractivity contribution in [1.82, 2.24) is 0 Å². The Balaban J connectivity index is 2.35. The molecule has 3 atom stereocenters. The first-order valence-electron chi connectivity index (χ1n) is 6.02. The summed E-state index contributed by atoms with van der Waals surface area (Å²) in [5.74, 6) is -1.92. The molecule has 1 heterocycles. The second-order valence-corrected chi connectivity index (χ2v) is 10.5. The lowest BCUT2D eigenvalue weighted by molar-refractivity contribution is 0.213. The summed E-state index contributed by atoms with van der Waals surface area (Å²) in [5, 5.41) is 0. The number of hydrogen-bond donors (Lipinski definition) is 0. The van der Waals surface area contributed by atoms with E-state index in [-0.39, 0.29) is 11.5 Å². The van der Waals surface area contributed by atoms with E-state index in [1.54, 1.807) is 13.0 Å². The lowest BCUT2D eigenvalue weighted by Gasteiger charge is -2.27. The highest BCUT2D eigenvalue weighted by atomic mass is 35.6. The van der Waals surface area contributed by atoms with Gasteiger partial charge in [0.15, 0.2) is 0 Å². The SMILES string of the molecule is C[C@@H]1CO[P@@](=O)([C@@H](OS(=O)(=O)c2ccccc2)C(Cl)(Cl)Cl)O1. The van der Waals surface area contributed by atoms with E-state index in [0.717, 1.165) is 0 Å². The zero-order valence-electron chi connectivity index (χ0n) is 11.2. The number of hydrogen-bond acceptors (Lipinski definition) is 6. The zero-order valence-corrected chi connectivity index (χ0v) is 15.2. The molecule has 1 aliphatic heterocycles. The van der Waals surface area contributed by atoms with Crippen molar-refractivity contribution in [3.05, 3.63) is 30.3 Å². The lowest BCUT2D eigenvalue weighted by Crippen LogP contribution is -2.31. The Labute approximate surface area is 143 Å². The van der Waals surface area contributed by atoms with Gasteiger partial charge in [0, 0.05) is 0 Å². The minimum absolute atomic E-state index is 0.0245. The Bertz CT molecular complexity index is 675. The van der Waals surface area contributed by atoms with Crippen molar-refractivity contribution in [1.29, 1.82) is 0 Å². The molecule has 2 rings (SSSR count). The Morgan fingerprint density at radius 1 is 1.32 bits per heavy atom. The van der Waals surface area contributed by atoms with Crippen LogP contribution in [0.1, 0.15) is 6.92 Å². The molecule has 1 aliphatic rings. The van der Waals surface area contributed by atoms with Crippen molar-refractivity contribution in [2.75, 3.05) is 6.61 Å². The van der Waals surface area contributed by atoms with Gasteiger partial charge in [0.1, 0.15) is 0 Å². The smallest absolute Gasteiger partial charge is 0.304 e. The van der Waals surface area contributed by atoms with E-state index in [1.165, 1.54) is 24.3 Å². The first-order valence-corrected chi connectivity index (χ1v) is 10.2. The van der Waals surface area contributed by atoms with Crippen molar-refractivity contribution in [2.24, 2.45) is 0 Å². The van der Waals surface area contributed by atoms with Crippen LogP contribution in [0.3, 0.4) is 0 Å². The average Bonchev–Trinajstić information content (AvgIpc) is 2.76. The highest BCUT2D eigenvalue weighted by Crippen LogP contribution is 2.64. The number of rotatable bonds is 4. The Morgan fingerprint density at radius 3 is 2.36 bits per heavy atom. The molecule has 0 amide bonds. The van der Waals surface area contributed by atoms with Crippen molar-refractivity contribution < 1.29 is 26.2 Å². The third kappa shape index (κ3) is 4.16. The molecule has 1 saturated heterocycles. The summed E-state index contributed by atoms with van der Waals surface area (Å²) in [6.07, 6.45) is -0.538. The molecule has 124 valence electrons. The van der Waals surface area contributed by atoms with Gasteiger partial charge < -0.3 is 9.05 Å². The predicted octanol–water partition coefficient (Wildman–Crippen LogP) is 3.72. The summed E-state index contributed by atoms with van der Waals surface area (Å²) in [4.78, 5) is -0.173. The maximum absolute atomic E-state index is 12.6. The van der Waals surface area contributed by atoms with Crippen LogP contribution in [0, 0.1) is 0 Å². The van der Waals surface area contributed by atoms with Crippen LogP contribution in [0.25, 0.3) is 0 Å². The van der Waals surface area contributed by atoms with E-state index in [1.807, 2.05) is 0 Å². The molecule has 0 bridgehead atoms. The van der Waals surface area contributed by atoms with Crippen molar-refractivity contribution in [3.8, 4) is 0 Å². The van der Waals surface area contributed by atoms with Gasteiger partial charge in [0.25, 0.3) is 10.1 Å². The normalized spacial score (nSPS) is 27.7. The van der Waals surface area contributed by atoms with Gasteiger partial charge in [-0.05, 0) is 19.1 Å². The van der Waals surface area contributed by atoms with Gasteiger partial charge in [-0.25, -0.2) is 4.18 Å². The predicted molar refractivity (Wildman–Crippen MR) is 82.9 cm³/mol. The van der Waals surface area contributed by atoms with Gasteiger partial charge in [-0.1, -0.05) is 53.0 Å². The van der Waals surface area contributed by atoms with Gasteiger partial charge in [-0.15, -0.1) is 0 Å². The van der Waals surface area contributed by atoms with E-state index in [0.29, 0.717) is 0 Å². The van der Waals surface area contributed by atoms with Gasteiger partial charge in [0.05, 0.1) is 17.6 Å². The first kappa shape index (κ1) is 18.5. The molecule has 11 heteroatoms. The number of halogens is 3. The van der Waals surface area contributed by atoms with Crippen molar-refractivity contribution in [3.63, 3.8) is 0 Å². The van der Waals surface area contributed by atoms with Crippen molar-refractivity contribution in [2.45, 2.75) is 27.6 Å². The average molecular weight is 410 g/mol. The van der Waals surface area contributed by atoms with Gasteiger partial charge in [-0.3, -0.25) is 4.57 Å².